The van der Waals surface area contributed by atoms with E-state index < -0.39 is 0 Å². The van der Waals surface area contributed by atoms with Crippen molar-refractivity contribution in [3.05, 3.63) is 41.1 Å². The van der Waals surface area contributed by atoms with Gasteiger partial charge in [-0.25, -0.2) is 4.98 Å². The monoisotopic (exact) mass is 373 g/mol. The molecule has 146 valence electrons. The van der Waals surface area contributed by atoms with Crippen molar-refractivity contribution in [1.29, 1.82) is 0 Å². The number of carbonyl (C=O) groups excluding carboxylic acids is 1. The minimum atomic E-state index is -0.161. The van der Waals surface area contributed by atoms with E-state index in [2.05, 4.69) is 25.8 Å². The smallest absolute Gasteiger partial charge is 0.257 e. The fourth-order valence-corrected chi connectivity index (χ4v) is 2.96. The molecule has 0 saturated carbocycles. The van der Waals surface area contributed by atoms with Crippen molar-refractivity contribution in [1.82, 2.24) is 9.88 Å². The predicted octanol–water partition coefficient (Wildman–Crippen LogP) is 2.52. The highest BCUT2D eigenvalue weighted by Gasteiger charge is 2.30. The Labute approximate surface area is 159 Å². The lowest BCUT2D eigenvalue weighted by Crippen LogP contribution is -2.36. The third kappa shape index (κ3) is 4.08. The second kappa shape index (κ2) is 7.60. The van der Waals surface area contributed by atoms with Crippen LogP contribution in [-0.4, -0.2) is 42.6 Å². The quantitative estimate of drug-likeness (QED) is 0.866. The van der Waals surface area contributed by atoms with Crippen molar-refractivity contribution in [3.8, 4) is 11.5 Å². The summed E-state index contributed by atoms with van der Waals surface area (Å²) in [5.41, 5.74) is 6.70. The largest absolute Gasteiger partial charge is 0.497 e. The van der Waals surface area contributed by atoms with E-state index in [9.17, 15) is 4.79 Å². The maximum Gasteiger partial charge on any atom is 0.257 e. The second-order valence-corrected chi connectivity index (χ2v) is 7.61. The molecule has 0 spiro atoms. The number of benzene rings is 1. The highest BCUT2D eigenvalue weighted by atomic mass is 16.5. The lowest BCUT2D eigenvalue weighted by atomic mass is 9.97. The van der Waals surface area contributed by atoms with Crippen molar-refractivity contribution in [2.45, 2.75) is 39.2 Å². The number of nitrogens with zero attached hydrogens (tertiary/aromatic N) is 2. The first-order chi connectivity index (χ1) is 12.8. The summed E-state index contributed by atoms with van der Waals surface area (Å²) < 4.78 is 16.8. The van der Waals surface area contributed by atoms with Crippen molar-refractivity contribution in [2.75, 3.05) is 26.8 Å². The number of nitrogens with two attached hydrogens (primary N) is 1. The molecule has 0 aliphatic carbocycles. The Hall–Kier alpha value is -2.54. The van der Waals surface area contributed by atoms with E-state index in [0.29, 0.717) is 55.6 Å². The molecule has 27 heavy (non-hydrogen) atoms. The van der Waals surface area contributed by atoms with Crippen LogP contribution in [-0.2, 0) is 18.4 Å². The van der Waals surface area contributed by atoms with Crippen LogP contribution in [0.25, 0.3) is 0 Å². The number of aromatic nitrogens is 1. The number of fused-ring (bicyclic) bond motifs is 1. The zero-order chi connectivity index (χ0) is 19.6. The number of hydrogen-bond donors (Lipinski definition) is 1. The molecular weight excluding hydrogens is 346 g/mol. The first-order valence-corrected chi connectivity index (χ1v) is 9.12. The van der Waals surface area contributed by atoms with Crippen molar-refractivity contribution < 1.29 is 18.7 Å². The summed E-state index contributed by atoms with van der Waals surface area (Å²) >= 11 is 0. The summed E-state index contributed by atoms with van der Waals surface area (Å²) in [5, 5.41) is 0. The number of methoxy groups -OCH3 is 1. The molecule has 0 unspecified atom stereocenters. The Kier molecular flexibility index (Phi) is 5.41. The lowest BCUT2D eigenvalue weighted by Gasteiger charge is -2.26. The molecule has 0 fully saturated rings. The summed E-state index contributed by atoms with van der Waals surface area (Å²) in [6.45, 7) is 7.88. The number of hydrogen-bond acceptors (Lipinski definition) is 6. The van der Waals surface area contributed by atoms with Crippen LogP contribution in [0, 0.1) is 0 Å². The minimum absolute atomic E-state index is 0.101. The molecule has 1 aliphatic heterocycles. The molecule has 3 rings (SSSR count). The molecule has 1 aromatic heterocycles. The van der Waals surface area contributed by atoms with Crippen LogP contribution in [0.1, 0.15) is 48.5 Å². The second-order valence-electron chi connectivity index (χ2n) is 7.61. The van der Waals surface area contributed by atoms with Crippen LogP contribution in [0.3, 0.4) is 0 Å². The topological polar surface area (TPSA) is 90.8 Å². The maximum absolute atomic E-state index is 13.1. The number of rotatable bonds is 5. The van der Waals surface area contributed by atoms with Gasteiger partial charge in [-0.1, -0.05) is 20.8 Å². The van der Waals surface area contributed by atoms with Gasteiger partial charge in [0.05, 0.1) is 19.2 Å². The van der Waals surface area contributed by atoms with Crippen molar-refractivity contribution in [2.24, 2.45) is 5.73 Å². The molecule has 2 aromatic rings. The van der Waals surface area contributed by atoms with Crippen LogP contribution in [0.4, 0.5) is 0 Å². The third-order valence-electron chi connectivity index (χ3n) is 4.45. The minimum Gasteiger partial charge on any atom is -0.497 e. The predicted molar refractivity (Wildman–Crippen MR) is 101 cm³/mol. The van der Waals surface area contributed by atoms with Gasteiger partial charge in [-0.2, -0.15) is 0 Å². The summed E-state index contributed by atoms with van der Waals surface area (Å²) in [6, 6.07) is 5.20. The molecule has 7 nitrogen and oxygen atoms in total. The van der Waals surface area contributed by atoms with Crippen molar-refractivity contribution in [3.63, 3.8) is 0 Å². The van der Waals surface area contributed by atoms with E-state index in [0.717, 1.165) is 11.5 Å². The van der Waals surface area contributed by atoms with Crippen LogP contribution < -0.4 is 15.2 Å². The molecule has 1 amide bonds. The average Bonchev–Trinajstić information content (AvgIpc) is 3.09. The van der Waals surface area contributed by atoms with Crippen LogP contribution in [0.2, 0.25) is 0 Å². The molecule has 0 atom stereocenters. The van der Waals surface area contributed by atoms with Crippen LogP contribution >= 0.6 is 0 Å². The normalized spacial score (nSPS) is 14.0. The molecule has 1 aliphatic rings. The van der Waals surface area contributed by atoms with Gasteiger partial charge in [-0.15, -0.1) is 0 Å². The molecule has 2 N–H and O–H groups in total. The molecular formula is C20H27N3O4. The average molecular weight is 373 g/mol. The van der Waals surface area contributed by atoms with E-state index >= 15 is 0 Å². The number of amides is 1. The first-order valence-electron chi connectivity index (χ1n) is 9.12. The van der Waals surface area contributed by atoms with Crippen molar-refractivity contribution >= 4 is 5.91 Å². The van der Waals surface area contributed by atoms with E-state index in [4.69, 9.17) is 19.6 Å². The van der Waals surface area contributed by atoms with Crippen LogP contribution in [0.15, 0.2) is 22.6 Å². The standard InChI is InChI=1S/C20H27N3O4/c1-20(2,3)19-22-15-12-23(9-7-16(15)27-19)18(24)14-6-5-13(25-4)11-17(14)26-10-8-21/h5-6,11H,7-10,12,21H2,1-4H3. The third-order valence-corrected chi connectivity index (χ3v) is 4.45. The number of carbonyl (C=O) groups is 1. The van der Waals surface area contributed by atoms with Gasteiger partial charge < -0.3 is 24.5 Å². The molecule has 0 radical (unpaired) electrons. The van der Waals surface area contributed by atoms with E-state index in [-0.39, 0.29) is 11.3 Å². The molecule has 0 saturated heterocycles. The van der Waals surface area contributed by atoms with Crippen LogP contribution in [0.5, 0.6) is 11.5 Å². The van der Waals surface area contributed by atoms with Gasteiger partial charge in [0, 0.05) is 31.0 Å². The van der Waals surface area contributed by atoms with Gasteiger partial charge in [-0.3, -0.25) is 4.79 Å². The Bertz CT molecular complexity index is 823. The van der Waals surface area contributed by atoms with Gasteiger partial charge in [0.25, 0.3) is 5.91 Å². The lowest BCUT2D eigenvalue weighted by molar-refractivity contribution is 0.0723. The summed E-state index contributed by atoms with van der Waals surface area (Å²) in [6.07, 6.45) is 0.652. The van der Waals surface area contributed by atoms with Gasteiger partial charge in [0.15, 0.2) is 5.89 Å². The summed E-state index contributed by atoms with van der Waals surface area (Å²) in [4.78, 5) is 19.5. The Balaban J connectivity index is 1.83. The Morgan fingerprint density at radius 2 is 2.15 bits per heavy atom. The van der Waals surface area contributed by atoms with Gasteiger partial charge in [0.2, 0.25) is 0 Å². The molecule has 0 bridgehead atoms. The fourth-order valence-electron chi connectivity index (χ4n) is 2.96. The summed E-state index contributed by atoms with van der Waals surface area (Å²) in [7, 11) is 1.58. The highest BCUT2D eigenvalue weighted by molar-refractivity contribution is 5.97. The van der Waals surface area contributed by atoms with Gasteiger partial charge >= 0.3 is 0 Å². The fraction of sp³-hybridized carbons (Fsp3) is 0.500. The summed E-state index contributed by atoms with van der Waals surface area (Å²) in [5.74, 6) is 2.59. The maximum atomic E-state index is 13.1. The first kappa shape index (κ1) is 19.2. The molecule has 2 heterocycles. The van der Waals surface area contributed by atoms with Gasteiger partial charge in [0.1, 0.15) is 29.6 Å². The van der Waals surface area contributed by atoms with E-state index in [1.165, 1.54) is 0 Å². The highest BCUT2D eigenvalue weighted by Crippen LogP contribution is 2.30. The van der Waals surface area contributed by atoms with E-state index in [1.54, 1.807) is 30.2 Å². The molecule has 7 heteroatoms. The van der Waals surface area contributed by atoms with E-state index in [1.807, 2.05) is 0 Å². The SMILES string of the molecule is COc1ccc(C(=O)N2CCc3oc(C(C)(C)C)nc3C2)c(OCCN)c1. The Morgan fingerprint density at radius 3 is 2.81 bits per heavy atom. The number of oxazole rings is 1. The number of ether oxygens (including phenoxy) is 2. The van der Waals surface area contributed by atoms with Gasteiger partial charge in [-0.05, 0) is 12.1 Å². The zero-order valence-corrected chi connectivity index (χ0v) is 16.4. The zero-order valence-electron chi connectivity index (χ0n) is 16.4. The molecule has 1 aromatic carbocycles. The Morgan fingerprint density at radius 1 is 1.37 bits per heavy atom.